The lowest BCUT2D eigenvalue weighted by Crippen LogP contribution is -2.38. The second kappa shape index (κ2) is 9.57. The Morgan fingerprint density at radius 2 is 1.70 bits per heavy atom. The van der Waals surface area contributed by atoms with Gasteiger partial charge in [-0.05, 0) is 48.0 Å². The SMILES string of the molecule is N#CCc1ccc(NC(=O)CN(c2cccc(Br)c2)S(=O)(=O)c2ccccc2)cc1. The van der Waals surface area contributed by atoms with E-state index in [1.807, 2.05) is 0 Å². The quantitative estimate of drug-likeness (QED) is 0.540. The van der Waals surface area contributed by atoms with Crippen molar-refractivity contribution < 1.29 is 13.2 Å². The van der Waals surface area contributed by atoms with Gasteiger partial charge in [0, 0.05) is 10.2 Å². The first kappa shape index (κ1) is 21.6. The maximum Gasteiger partial charge on any atom is 0.264 e. The van der Waals surface area contributed by atoms with Gasteiger partial charge in [0.1, 0.15) is 6.54 Å². The van der Waals surface area contributed by atoms with Gasteiger partial charge in [0.05, 0.1) is 23.1 Å². The minimum atomic E-state index is -3.96. The van der Waals surface area contributed by atoms with Gasteiger partial charge in [0.15, 0.2) is 0 Å². The highest BCUT2D eigenvalue weighted by Gasteiger charge is 2.27. The number of hydrogen-bond acceptors (Lipinski definition) is 4. The molecule has 0 saturated heterocycles. The Balaban J connectivity index is 1.87. The van der Waals surface area contributed by atoms with Gasteiger partial charge in [-0.2, -0.15) is 5.26 Å². The normalized spacial score (nSPS) is 10.8. The fourth-order valence-electron chi connectivity index (χ4n) is 2.79. The molecule has 0 heterocycles. The molecule has 0 aliphatic carbocycles. The zero-order chi connectivity index (χ0) is 21.6. The number of nitriles is 1. The number of hydrogen-bond donors (Lipinski definition) is 1. The second-order valence-electron chi connectivity index (χ2n) is 6.38. The predicted octanol–water partition coefficient (Wildman–Crippen LogP) is 4.35. The number of amides is 1. The van der Waals surface area contributed by atoms with Crippen LogP contribution in [-0.2, 0) is 21.2 Å². The Hall–Kier alpha value is -3.15. The molecule has 8 heteroatoms. The van der Waals surface area contributed by atoms with Crippen LogP contribution in [0.15, 0.2) is 88.2 Å². The number of halogens is 1. The molecule has 1 N–H and O–H groups in total. The van der Waals surface area contributed by atoms with Crippen molar-refractivity contribution in [1.29, 1.82) is 5.26 Å². The molecule has 152 valence electrons. The molecule has 6 nitrogen and oxygen atoms in total. The zero-order valence-corrected chi connectivity index (χ0v) is 18.2. The lowest BCUT2D eigenvalue weighted by Gasteiger charge is -2.24. The molecule has 0 spiro atoms. The van der Waals surface area contributed by atoms with Crippen molar-refractivity contribution in [3.8, 4) is 6.07 Å². The molecule has 0 aliphatic rings. The molecule has 0 aliphatic heterocycles. The van der Waals surface area contributed by atoms with Crippen LogP contribution in [0.2, 0.25) is 0 Å². The summed E-state index contributed by atoms with van der Waals surface area (Å²) in [5.74, 6) is -0.484. The number of sulfonamides is 1. The van der Waals surface area contributed by atoms with Gasteiger partial charge in [-0.3, -0.25) is 9.10 Å². The van der Waals surface area contributed by atoms with E-state index in [1.54, 1.807) is 66.7 Å². The molecular formula is C22H18BrN3O3S. The van der Waals surface area contributed by atoms with Gasteiger partial charge < -0.3 is 5.32 Å². The largest absolute Gasteiger partial charge is 0.325 e. The van der Waals surface area contributed by atoms with E-state index >= 15 is 0 Å². The molecule has 0 bridgehead atoms. The van der Waals surface area contributed by atoms with Crippen molar-refractivity contribution in [2.45, 2.75) is 11.3 Å². The van der Waals surface area contributed by atoms with Crippen LogP contribution in [-0.4, -0.2) is 20.9 Å². The van der Waals surface area contributed by atoms with E-state index in [0.717, 1.165) is 9.87 Å². The van der Waals surface area contributed by atoms with Crippen molar-refractivity contribution in [1.82, 2.24) is 0 Å². The first-order valence-electron chi connectivity index (χ1n) is 8.99. The van der Waals surface area contributed by atoms with Crippen LogP contribution in [0.1, 0.15) is 5.56 Å². The number of benzene rings is 3. The second-order valence-corrected chi connectivity index (χ2v) is 9.16. The molecular weight excluding hydrogens is 466 g/mol. The summed E-state index contributed by atoms with van der Waals surface area (Å²) in [6, 6.07) is 23.6. The Bertz CT molecular complexity index is 1170. The van der Waals surface area contributed by atoms with Crippen LogP contribution in [0, 0.1) is 11.3 Å². The third kappa shape index (κ3) is 5.26. The van der Waals surface area contributed by atoms with Gasteiger partial charge >= 0.3 is 0 Å². The number of anilines is 2. The molecule has 0 unspecified atom stereocenters. The molecule has 3 rings (SSSR count). The number of carbonyl (C=O) groups is 1. The number of nitrogens with zero attached hydrogens (tertiary/aromatic N) is 2. The Morgan fingerprint density at radius 3 is 2.33 bits per heavy atom. The fraction of sp³-hybridized carbons (Fsp3) is 0.0909. The fourth-order valence-corrected chi connectivity index (χ4v) is 4.62. The summed E-state index contributed by atoms with van der Waals surface area (Å²) in [5, 5.41) is 11.5. The molecule has 3 aromatic rings. The van der Waals surface area contributed by atoms with Gasteiger partial charge in [0.2, 0.25) is 5.91 Å². The van der Waals surface area contributed by atoms with Crippen LogP contribution in [0.25, 0.3) is 0 Å². The first-order chi connectivity index (χ1) is 14.4. The van der Waals surface area contributed by atoms with E-state index in [4.69, 9.17) is 5.26 Å². The van der Waals surface area contributed by atoms with E-state index in [9.17, 15) is 13.2 Å². The summed E-state index contributed by atoms with van der Waals surface area (Å²) in [6.07, 6.45) is 0.278. The summed E-state index contributed by atoms with van der Waals surface area (Å²) < 4.78 is 28.3. The summed E-state index contributed by atoms with van der Waals surface area (Å²) in [7, 11) is -3.96. The van der Waals surface area contributed by atoms with Crippen molar-refractivity contribution in [3.63, 3.8) is 0 Å². The summed E-state index contributed by atoms with van der Waals surface area (Å²) in [6.45, 7) is -0.395. The van der Waals surface area contributed by atoms with Crippen molar-refractivity contribution in [3.05, 3.63) is 88.9 Å². The molecule has 0 saturated carbocycles. The van der Waals surface area contributed by atoms with Crippen molar-refractivity contribution in [2.75, 3.05) is 16.2 Å². The average Bonchev–Trinajstić information content (AvgIpc) is 2.74. The van der Waals surface area contributed by atoms with Crippen LogP contribution in [0.5, 0.6) is 0 Å². The van der Waals surface area contributed by atoms with E-state index < -0.39 is 22.5 Å². The van der Waals surface area contributed by atoms with Crippen molar-refractivity contribution in [2.24, 2.45) is 0 Å². The predicted molar refractivity (Wildman–Crippen MR) is 120 cm³/mol. The van der Waals surface area contributed by atoms with E-state index in [1.165, 1.54) is 12.1 Å². The number of carbonyl (C=O) groups excluding carboxylic acids is 1. The number of nitrogens with one attached hydrogen (secondary N) is 1. The Morgan fingerprint density at radius 1 is 1.00 bits per heavy atom. The van der Waals surface area contributed by atoms with Crippen molar-refractivity contribution >= 4 is 43.2 Å². The summed E-state index contributed by atoms with van der Waals surface area (Å²) >= 11 is 3.35. The lowest BCUT2D eigenvalue weighted by atomic mass is 10.1. The highest BCUT2D eigenvalue weighted by atomic mass is 79.9. The molecule has 3 aromatic carbocycles. The standard InChI is InChI=1S/C22H18BrN3O3S/c23-18-5-4-6-20(15-18)26(30(28,29)21-7-2-1-3-8-21)16-22(27)25-19-11-9-17(10-12-19)13-14-24/h1-12,15H,13,16H2,(H,25,27). The highest BCUT2D eigenvalue weighted by molar-refractivity contribution is 9.10. The smallest absolute Gasteiger partial charge is 0.264 e. The molecule has 0 fully saturated rings. The van der Waals surface area contributed by atoms with E-state index in [0.29, 0.717) is 15.8 Å². The van der Waals surface area contributed by atoms with Gasteiger partial charge in [-0.25, -0.2) is 8.42 Å². The highest BCUT2D eigenvalue weighted by Crippen LogP contribution is 2.26. The monoisotopic (exact) mass is 483 g/mol. The maximum absolute atomic E-state index is 13.2. The molecule has 30 heavy (non-hydrogen) atoms. The summed E-state index contributed by atoms with van der Waals surface area (Å²) in [4.78, 5) is 12.8. The van der Waals surface area contributed by atoms with Crippen LogP contribution >= 0.6 is 15.9 Å². The third-order valence-electron chi connectivity index (χ3n) is 4.24. The van der Waals surface area contributed by atoms with Crippen LogP contribution in [0.4, 0.5) is 11.4 Å². The first-order valence-corrected chi connectivity index (χ1v) is 11.2. The average molecular weight is 484 g/mol. The minimum absolute atomic E-state index is 0.0960. The van der Waals surface area contributed by atoms with E-state index in [-0.39, 0.29) is 11.3 Å². The topological polar surface area (TPSA) is 90.3 Å². The van der Waals surface area contributed by atoms with Crippen LogP contribution < -0.4 is 9.62 Å². The van der Waals surface area contributed by atoms with E-state index in [2.05, 4.69) is 27.3 Å². The van der Waals surface area contributed by atoms with Gasteiger partial charge in [0.25, 0.3) is 10.0 Å². The lowest BCUT2D eigenvalue weighted by molar-refractivity contribution is -0.114. The molecule has 0 atom stereocenters. The van der Waals surface area contributed by atoms with Gasteiger partial charge in [-0.15, -0.1) is 0 Å². The summed E-state index contributed by atoms with van der Waals surface area (Å²) in [5.41, 5.74) is 1.72. The molecule has 0 radical (unpaired) electrons. The molecule has 1 amide bonds. The Kier molecular flexibility index (Phi) is 6.87. The maximum atomic E-state index is 13.2. The third-order valence-corrected chi connectivity index (χ3v) is 6.52. The minimum Gasteiger partial charge on any atom is -0.325 e. The van der Waals surface area contributed by atoms with Gasteiger partial charge in [-0.1, -0.05) is 52.3 Å². The number of rotatable bonds is 7. The molecule has 0 aromatic heterocycles. The zero-order valence-electron chi connectivity index (χ0n) is 15.8. The Labute approximate surface area is 183 Å². The van der Waals surface area contributed by atoms with Crippen LogP contribution in [0.3, 0.4) is 0 Å².